The van der Waals surface area contributed by atoms with Gasteiger partial charge >= 0.3 is 18.2 Å². The number of alkyl carbamates (subject to hydrolysis) is 1. The van der Waals surface area contributed by atoms with E-state index in [1.165, 1.54) is 0 Å². The highest BCUT2D eigenvalue weighted by Gasteiger charge is 2.33. The number of amides is 2. The first kappa shape index (κ1) is 21.5. The summed E-state index contributed by atoms with van der Waals surface area (Å²) >= 11 is 0. The van der Waals surface area contributed by atoms with Gasteiger partial charge in [0.2, 0.25) is 0 Å². The largest absolute Gasteiger partial charge is 0.480 e. The lowest BCUT2D eigenvalue weighted by molar-refractivity contribution is -0.139. The van der Waals surface area contributed by atoms with Crippen molar-refractivity contribution in [2.75, 3.05) is 13.1 Å². The van der Waals surface area contributed by atoms with E-state index in [0.29, 0.717) is 19.5 Å². The minimum atomic E-state index is -1.13. The maximum absolute atomic E-state index is 12.1. The number of aliphatic carboxylic acids is 1. The number of hydrogen-bond acceptors (Lipinski definition) is 5. The number of carbonyl (C=O) groups excluding carboxylic acids is 2. The first-order chi connectivity index (χ1) is 13.1. The molecule has 0 spiro atoms. The number of nitrogens with one attached hydrogen (secondary N) is 1. The topological polar surface area (TPSA) is 105 Å². The number of rotatable bonds is 6. The van der Waals surface area contributed by atoms with Gasteiger partial charge in [0.05, 0.1) is 0 Å². The summed E-state index contributed by atoms with van der Waals surface area (Å²) in [5, 5.41) is 11.8. The van der Waals surface area contributed by atoms with Crippen LogP contribution in [0.3, 0.4) is 0 Å². The second kappa shape index (κ2) is 9.43. The summed E-state index contributed by atoms with van der Waals surface area (Å²) in [6, 6.07) is 8.05. The number of likely N-dealkylation sites (tertiary alicyclic amines) is 1. The van der Waals surface area contributed by atoms with Crippen molar-refractivity contribution < 1.29 is 29.0 Å². The predicted octanol–water partition coefficient (Wildman–Crippen LogP) is 3.01. The standard InChI is InChI=1S/C20H28N2O6/c1-20(2,3)28-19(26)22-10-9-15(12-22)11-16(17(23)24)21-18(25)27-13-14-7-5-4-6-8-14/h4-8,15-16H,9-13H2,1-3H3,(H,21,25)(H,23,24). The number of carboxylic acids is 1. The van der Waals surface area contributed by atoms with Gasteiger partial charge in [-0.2, -0.15) is 0 Å². The Bertz CT molecular complexity index is 686. The molecule has 0 saturated carbocycles. The first-order valence-corrected chi connectivity index (χ1v) is 9.32. The average Bonchev–Trinajstić information content (AvgIpc) is 3.07. The minimum Gasteiger partial charge on any atom is -0.480 e. The van der Waals surface area contributed by atoms with Crippen LogP contribution in [0.2, 0.25) is 0 Å². The van der Waals surface area contributed by atoms with Crippen LogP contribution in [-0.2, 0) is 20.9 Å². The molecule has 1 saturated heterocycles. The highest BCUT2D eigenvalue weighted by atomic mass is 16.6. The van der Waals surface area contributed by atoms with Crippen LogP contribution in [0.4, 0.5) is 9.59 Å². The smallest absolute Gasteiger partial charge is 0.410 e. The Labute approximate surface area is 164 Å². The van der Waals surface area contributed by atoms with Gasteiger partial charge in [0.25, 0.3) is 0 Å². The molecule has 1 fully saturated rings. The van der Waals surface area contributed by atoms with Crippen LogP contribution in [0.1, 0.15) is 39.2 Å². The lowest BCUT2D eigenvalue weighted by atomic mass is 9.99. The molecule has 1 aromatic rings. The molecule has 2 unspecified atom stereocenters. The Morgan fingerprint density at radius 2 is 1.93 bits per heavy atom. The van der Waals surface area contributed by atoms with Gasteiger partial charge in [-0.15, -0.1) is 0 Å². The van der Waals surface area contributed by atoms with E-state index in [-0.39, 0.29) is 18.9 Å². The molecule has 0 aromatic heterocycles. The van der Waals surface area contributed by atoms with Gasteiger partial charge in [0.1, 0.15) is 18.2 Å². The maximum Gasteiger partial charge on any atom is 0.410 e. The van der Waals surface area contributed by atoms with Gasteiger partial charge in [-0.1, -0.05) is 30.3 Å². The van der Waals surface area contributed by atoms with Crippen molar-refractivity contribution in [3.63, 3.8) is 0 Å². The Morgan fingerprint density at radius 3 is 2.54 bits per heavy atom. The summed E-state index contributed by atoms with van der Waals surface area (Å²) < 4.78 is 10.4. The van der Waals surface area contributed by atoms with Crippen LogP contribution in [0, 0.1) is 5.92 Å². The summed E-state index contributed by atoms with van der Waals surface area (Å²) in [5.74, 6) is -1.17. The van der Waals surface area contributed by atoms with Crippen molar-refractivity contribution in [2.24, 2.45) is 5.92 Å². The van der Waals surface area contributed by atoms with E-state index >= 15 is 0 Å². The highest BCUT2D eigenvalue weighted by Crippen LogP contribution is 2.23. The van der Waals surface area contributed by atoms with Crippen LogP contribution >= 0.6 is 0 Å². The van der Waals surface area contributed by atoms with E-state index in [1.807, 2.05) is 30.3 Å². The fourth-order valence-corrected chi connectivity index (χ4v) is 2.98. The zero-order chi connectivity index (χ0) is 20.7. The fourth-order valence-electron chi connectivity index (χ4n) is 2.98. The predicted molar refractivity (Wildman–Crippen MR) is 102 cm³/mol. The first-order valence-electron chi connectivity index (χ1n) is 9.32. The lowest BCUT2D eigenvalue weighted by Gasteiger charge is -2.24. The molecular weight excluding hydrogens is 364 g/mol. The Morgan fingerprint density at radius 1 is 1.25 bits per heavy atom. The summed E-state index contributed by atoms with van der Waals surface area (Å²) in [6.45, 7) is 6.36. The van der Waals surface area contributed by atoms with E-state index in [1.54, 1.807) is 25.7 Å². The molecule has 28 heavy (non-hydrogen) atoms. The summed E-state index contributed by atoms with van der Waals surface area (Å²) in [4.78, 5) is 37.2. The van der Waals surface area contributed by atoms with E-state index in [0.717, 1.165) is 5.56 Å². The van der Waals surface area contributed by atoms with Crippen molar-refractivity contribution in [1.29, 1.82) is 0 Å². The molecule has 8 nitrogen and oxygen atoms in total. The van der Waals surface area contributed by atoms with Crippen molar-refractivity contribution in [3.8, 4) is 0 Å². The molecule has 8 heteroatoms. The second-order valence-electron chi connectivity index (χ2n) is 7.91. The van der Waals surface area contributed by atoms with Crippen LogP contribution in [-0.4, -0.2) is 52.9 Å². The summed E-state index contributed by atoms with van der Waals surface area (Å²) in [6.07, 6.45) is -0.311. The van der Waals surface area contributed by atoms with Gasteiger partial charge < -0.3 is 24.8 Å². The third kappa shape index (κ3) is 7.09. The van der Waals surface area contributed by atoms with E-state index in [2.05, 4.69) is 5.32 Å². The van der Waals surface area contributed by atoms with Crippen LogP contribution < -0.4 is 5.32 Å². The van der Waals surface area contributed by atoms with Crippen molar-refractivity contribution in [2.45, 2.75) is 51.9 Å². The summed E-state index contributed by atoms with van der Waals surface area (Å²) in [7, 11) is 0. The second-order valence-corrected chi connectivity index (χ2v) is 7.91. The van der Waals surface area contributed by atoms with Crippen molar-refractivity contribution in [3.05, 3.63) is 35.9 Å². The molecule has 0 aliphatic carbocycles. The lowest BCUT2D eigenvalue weighted by Crippen LogP contribution is -2.42. The maximum atomic E-state index is 12.1. The molecule has 2 atom stereocenters. The quantitative estimate of drug-likeness (QED) is 0.771. The molecule has 2 amide bonds. The minimum absolute atomic E-state index is 0.0389. The number of ether oxygens (including phenoxy) is 2. The molecule has 1 heterocycles. The number of hydrogen-bond donors (Lipinski definition) is 2. The SMILES string of the molecule is CC(C)(C)OC(=O)N1CCC(CC(NC(=O)OCc2ccccc2)C(=O)O)C1. The normalized spacial score (nSPS) is 17.7. The third-order valence-corrected chi connectivity index (χ3v) is 4.31. The molecule has 1 aliphatic heterocycles. The zero-order valence-electron chi connectivity index (χ0n) is 16.5. The van der Waals surface area contributed by atoms with Crippen LogP contribution in [0.25, 0.3) is 0 Å². The fraction of sp³-hybridized carbons (Fsp3) is 0.550. The average molecular weight is 392 g/mol. The molecule has 0 bridgehead atoms. The zero-order valence-corrected chi connectivity index (χ0v) is 16.5. The van der Waals surface area contributed by atoms with E-state index < -0.39 is 29.8 Å². The van der Waals surface area contributed by atoms with Crippen LogP contribution in [0.5, 0.6) is 0 Å². The molecule has 2 rings (SSSR count). The monoisotopic (exact) mass is 392 g/mol. The summed E-state index contributed by atoms with van der Waals surface area (Å²) in [5.41, 5.74) is 0.233. The van der Waals surface area contributed by atoms with E-state index in [4.69, 9.17) is 9.47 Å². The number of nitrogens with zero attached hydrogens (tertiary/aromatic N) is 1. The highest BCUT2D eigenvalue weighted by molar-refractivity contribution is 5.79. The number of benzene rings is 1. The van der Waals surface area contributed by atoms with Gasteiger partial charge in [-0.05, 0) is 45.1 Å². The van der Waals surface area contributed by atoms with Crippen molar-refractivity contribution in [1.82, 2.24) is 10.2 Å². The number of carboxylic acid groups (broad SMARTS) is 1. The molecule has 1 aliphatic rings. The van der Waals surface area contributed by atoms with E-state index in [9.17, 15) is 19.5 Å². The Balaban J connectivity index is 1.81. The molecular formula is C20H28N2O6. The molecule has 2 N–H and O–H groups in total. The van der Waals surface area contributed by atoms with Crippen LogP contribution in [0.15, 0.2) is 30.3 Å². The van der Waals surface area contributed by atoms with Gasteiger partial charge in [-0.3, -0.25) is 0 Å². The van der Waals surface area contributed by atoms with Gasteiger partial charge in [-0.25, -0.2) is 14.4 Å². The Kier molecular flexibility index (Phi) is 7.25. The number of carbonyl (C=O) groups is 3. The molecule has 0 radical (unpaired) electrons. The van der Waals surface area contributed by atoms with Gasteiger partial charge in [0.15, 0.2) is 0 Å². The van der Waals surface area contributed by atoms with Gasteiger partial charge in [0, 0.05) is 13.1 Å². The molecule has 154 valence electrons. The van der Waals surface area contributed by atoms with Crippen molar-refractivity contribution >= 4 is 18.2 Å². The molecule has 1 aromatic carbocycles. The Hall–Kier alpha value is -2.77. The third-order valence-electron chi connectivity index (χ3n) is 4.31.